The average molecular weight is 397 g/mol. The van der Waals surface area contributed by atoms with E-state index in [9.17, 15) is 9.59 Å². The molecule has 3 amide bonds. The molecule has 2 aromatic carbocycles. The molecule has 4 rings (SSSR count). The van der Waals surface area contributed by atoms with Crippen molar-refractivity contribution in [2.24, 2.45) is 5.92 Å². The van der Waals surface area contributed by atoms with E-state index in [0.717, 1.165) is 33.8 Å². The van der Waals surface area contributed by atoms with Gasteiger partial charge in [0.2, 0.25) is 5.91 Å². The van der Waals surface area contributed by atoms with Gasteiger partial charge >= 0.3 is 6.03 Å². The van der Waals surface area contributed by atoms with Gasteiger partial charge in [0.15, 0.2) is 5.13 Å². The van der Waals surface area contributed by atoms with Crippen LogP contribution in [0.1, 0.15) is 26.7 Å². The van der Waals surface area contributed by atoms with E-state index in [1.54, 1.807) is 4.90 Å². The zero-order chi connectivity index (χ0) is 19.7. The van der Waals surface area contributed by atoms with E-state index in [4.69, 9.17) is 0 Å². The number of amides is 3. The van der Waals surface area contributed by atoms with E-state index >= 15 is 0 Å². The first-order valence-corrected chi connectivity index (χ1v) is 10.5. The van der Waals surface area contributed by atoms with E-state index in [2.05, 4.69) is 33.8 Å². The third-order valence-corrected chi connectivity index (χ3v) is 5.94. The highest BCUT2D eigenvalue weighted by molar-refractivity contribution is 7.22. The fourth-order valence-corrected chi connectivity index (χ4v) is 4.52. The molecule has 1 atom stereocenters. The topological polar surface area (TPSA) is 74.3 Å². The van der Waals surface area contributed by atoms with E-state index in [0.29, 0.717) is 18.2 Å². The molecule has 1 aliphatic heterocycles. The summed E-state index contributed by atoms with van der Waals surface area (Å²) in [6, 6.07) is 12.2. The Balaban J connectivity index is 1.48. The van der Waals surface area contributed by atoms with Gasteiger partial charge in [-0.05, 0) is 38.1 Å². The highest BCUT2D eigenvalue weighted by atomic mass is 32.1. The molecule has 3 aromatic rings. The summed E-state index contributed by atoms with van der Waals surface area (Å²) in [6.45, 7) is 5.00. The zero-order valence-electron chi connectivity index (χ0n) is 16.1. The summed E-state index contributed by atoms with van der Waals surface area (Å²) in [7, 11) is 0. The van der Waals surface area contributed by atoms with Crippen molar-refractivity contribution < 1.29 is 9.59 Å². The number of fused-ring (bicyclic) bond motifs is 3. The lowest BCUT2D eigenvalue weighted by molar-refractivity contribution is -0.121. The maximum absolute atomic E-state index is 12.8. The van der Waals surface area contributed by atoms with Crippen molar-refractivity contribution in [1.29, 1.82) is 0 Å². The van der Waals surface area contributed by atoms with Crippen molar-refractivity contribution in [3.63, 3.8) is 0 Å². The number of nitrogens with zero attached hydrogens (tertiary/aromatic N) is 2. The molecule has 1 aromatic heterocycles. The van der Waals surface area contributed by atoms with Gasteiger partial charge in [0.1, 0.15) is 0 Å². The number of anilines is 1. The number of benzene rings is 2. The molecule has 146 valence electrons. The molecule has 28 heavy (non-hydrogen) atoms. The second-order valence-corrected chi connectivity index (χ2v) is 8.56. The van der Waals surface area contributed by atoms with Crippen LogP contribution in [-0.2, 0) is 4.79 Å². The van der Waals surface area contributed by atoms with Crippen molar-refractivity contribution >= 4 is 49.4 Å². The van der Waals surface area contributed by atoms with E-state index < -0.39 is 0 Å². The summed E-state index contributed by atoms with van der Waals surface area (Å²) in [5, 5.41) is 8.71. The predicted molar refractivity (Wildman–Crippen MR) is 114 cm³/mol. The molecule has 0 radical (unpaired) electrons. The number of hydrogen-bond donors (Lipinski definition) is 2. The van der Waals surface area contributed by atoms with Crippen molar-refractivity contribution in [3.8, 4) is 0 Å². The lowest BCUT2D eigenvalue weighted by Gasteiger charge is -2.32. The molecule has 0 bridgehead atoms. The number of carbonyl (C=O) groups is 2. The number of thiazole rings is 1. The Labute approximate surface area is 167 Å². The van der Waals surface area contributed by atoms with Gasteiger partial charge in [0.25, 0.3) is 0 Å². The van der Waals surface area contributed by atoms with Crippen LogP contribution in [0.4, 0.5) is 9.93 Å². The molecular weight excluding hydrogens is 372 g/mol. The van der Waals surface area contributed by atoms with Crippen LogP contribution in [0.15, 0.2) is 36.4 Å². The molecule has 1 saturated heterocycles. The minimum atomic E-state index is -0.213. The lowest BCUT2D eigenvalue weighted by Crippen LogP contribution is -2.49. The zero-order valence-corrected chi connectivity index (χ0v) is 16.9. The summed E-state index contributed by atoms with van der Waals surface area (Å²) >= 11 is 1.48. The van der Waals surface area contributed by atoms with Crippen LogP contribution in [0, 0.1) is 5.92 Å². The fourth-order valence-electron chi connectivity index (χ4n) is 3.64. The Morgan fingerprint density at radius 3 is 2.86 bits per heavy atom. The second-order valence-electron chi connectivity index (χ2n) is 7.53. The smallest absolute Gasteiger partial charge is 0.317 e. The average Bonchev–Trinajstić information content (AvgIpc) is 3.10. The summed E-state index contributed by atoms with van der Waals surface area (Å²) in [5.74, 6) is -0.277. The van der Waals surface area contributed by atoms with Crippen LogP contribution >= 0.6 is 11.3 Å². The number of aromatic nitrogens is 1. The van der Waals surface area contributed by atoms with Gasteiger partial charge in [-0.15, -0.1) is 0 Å². The lowest BCUT2D eigenvalue weighted by atomic mass is 9.97. The third-order valence-electron chi connectivity index (χ3n) is 5.01. The second kappa shape index (κ2) is 7.75. The van der Waals surface area contributed by atoms with Gasteiger partial charge < -0.3 is 15.5 Å². The Morgan fingerprint density at radius 1 is 1.21 bits per heavy atom. The van der Waals surface area contributed by atoms with Crippen LogP contribution in [0.3, 0.4) is 0 Å². The van der Waals surface area contributed by atoms with Gasteiger partial charge in [0.05, 0.1) is 16.1 Å². The molecular formula is C21H24N4O2S. The normalized spacial score (nSPS) is 17.2. The summed E-state index contributed by atoms with van der Waals surface area (Å²) in [5.41, 5.74) is 0.917. The molecule has 0 unspecified atom stereocenters. The molecule has 6 nitrogen and oxygen atoms in total. The maximum atomic E-state index is 12.8. The minimum Gasteiger partial charge on any atom is -0.336 e. The maximum Gasteiger partial charge on any atom is 0.317 e. The van der Waals surface area contributed by atoms with Gasteiger partial charge in [-0.1, -0.05) is 41.7 Å². The van der Waals surface area contributed by atoms with Gasteiger partial charge in [-0.2, -0.15) is 0 Å². The van der Waals surface area contributed by atoms with E-state index in [1.807, 2.05) is 32.0 Å². The predicted octanol–water partition coefficient (Wildman–Crippen LogP) is 4.22. The van der Waals surface area contributed by atoms with Crippen LogP contribution in [0.5, 0.6) is 0 Å². The van der Waals surface area contributed by atoms with Crippen molar-refractivity contribution in [3.05, 3.63) is 36.4 Å². The van der Waals surface area contributed by atoms with Crippen LogP contribution < -0.4 is 10.6 Å². The van der Waals surface area contributed by atoms with Crippen molar-refractivity contribution in [2.75, 3.05) is 18.4 Å². The first-order valence-electron chi connectivity index (χ1n) is 9.66. The monoisotopic (exact) mass is 396 g/mol. The van der Waals surface area contributed by atoms with E-state index in [-0.39, 0.29) is 23.9 Å². The SMILES string of the molecule is CC(C)NC(=O)N1CCC[C@H](C(=O)Nc2nc3c(ccc4ccccc43)s2)C1. The number of nitrogens with one attached hydrogen (secondary N) is 2. The Kier molecular flexibility index (Phi) is 5.17. The quantitative estimate of drug-likeness (QED) is 0.696. The van der Waals surface area contributed by atoms with Gasteiger partial charge in [-0.25, -0.2) is 9.78 Å². The molecule has 0 aliphatic carbocycles. The van der Waals surface area contributed by atoms with Crippen molar-refractivity contribution in [2.45, 2.75) is 32.7 Å². The highest BCUT2D eigenvalue weighted by Crippen LogP contribution is 2.32. The number of piperidine rings is 1. The van der Waals surface area contributed by atoms with Gasteiger partial charge in [0, 0.05) is 24.5 Å². The molecule has 7 heteroatoms. The van der Waals surface area contributed by atoms with E-state index in [1.165, 1.54) is 11.3 Å². The summed E-state index contributed by atoms with van der Waals surface area (Å²) < 4.78 is 1.05. The van der Waals surface area contributed by atoms with Crippen LogP contribution in [0.2, 0.25) is 0 Å². The number of likely N-dealkylation sites (tertiary alicyclic amines) is 1. The van der Waals surface area contributed by atoms with Crippen LogP contribution in [-0.4, -0.2) is 41.0 Å². The number of urea groups is 1. The molecule has 0 saturated carbocycles. The first-order chi connectivity index (χ1) is 13.5. The molecule has 2 N–H and O–H groups in total. The summed E-state index contributed by atoms with van der Waals surface area (Å²) in [4.78, 5) is 31.4. The molecule has 1 aliphatic rings. The standard InChI is InChI=1S/C21H24N4O2S/c1-13(2)22-21(27)25-11-5-7-15(12-25)19(26)24-20-23-18-16-8-4-3-6-14(16)9-10-17(18)28-20/h3-4,6,8-10,13,15H,5,7,11-12H2,1-2H3,(H,22,27)(H,23,24,26)/t15-/m0/s1. The largest absolute Gasteiger partial charge is 0.336 e. The first kappa shape index (κ1) is 18.7. The number of rotatable bonds is 3. The molecule has 1 fully saturated rings. The minimum absolute atomic E-state index is 0.0644. The summed E-state index contributed by atoms with van der Waals surface area (Å²) in [6.07, 6.45) is 1.61. The Morgan fingerprint density at radius 2 is 2.04 bits per heavy atom. The highest BCUT2D eigenvalue weighted by Gasteiger charge is 2.29. The fraction of sp³-hybridized carbons (Fsp3) is 0.381. The number of hydrogen-bond acceptors (Lipinski definition) is 4. The molecule has 0 spiro atoms. The Bertz CT molecular complexity index is 1030. The van der Waals surface area contributed by atoms with Crippen molar-refractivity contribution in [1.82, 2.24) is 15.2 Å². The third kappa shape index (κ3) is 3.80. The van der Waals surface area contributed by atoms with Crippen LogP contribution in [0.25, 0.3) is 21.0 Å². The van der Waals surface area contributed by atoms with Gasteiger partial charge in [-0.3, -0.25) is 4.79 Å². The number of carbonyl (C=O) groups excluding carboxylic acids is 2. The molecule has 2 heterocycles. The Hall–Kier alpha value is -2.67.